The number of nitrogens with one attached hydrogen (secondary N) is 2. The molecule has 5 nitrogen and oxygen atoms in total. The number of aromatic nitrogens is 2. The van der Waals surface area contributed by atoms with Gasteiger partial charge in [-0.3, -0.25) is 4.79 Å². The second-order valence-corrected chi connectivity index (χ2v) is 6.54. The average molecular weight is 313 g/mol. The zero-order chi connectivity index (χ0) is 14.7. The molecule has 0 aliphatic rings. The number of halogens is 1. The maximum atomic E-state index is 11.7. The van der Waals surface area contributed by atoms with Crippen molar-refractivity contribution in [3.63, 3.8) is 0 Å². The van der Waals surface area contributed by atoms with Gasteiger partial charge in [-0.1, -0.05) is 13.8 Å². The summed E-state index contributed by atoms with van der Waals surface area (Å²) in [6.07, 6.45) is 0. The lowest BCUT2D eigenvalue weighted by molar-refractivity contribution is -0.119. The molecule has 2 aromatic heterocycles. The van der Waals surface area contributed by atoms with Crippen molar-refractivity contribution in [2.24, 2.45) is 5.92 Å². The number of carbonyl (C=O) groups excluding carboxylic acids is 1. The molecule has 0 saturated heterocycles. The van der Waals surface area contributed by atoms with E-state index in [1.165, 1.54) is 0 Å². The van der Waals surface area contributed by atoms with Crippen molar-refractivity contribution in [3.8, 4) is 0 Å². The first-order chi connectivity index (χ1) is 9.45. The van der Waals surface area contributed by atoms with Crippen molar-refractivity contribution >= 4 is 44.9 Å². The Labute approximate surface area is 126 Å². The average Bonchev–Trinajstić information content (AvgIpc) is 2.73. The Balaban J connectivity index is 2.07. The molecule has 7 heteroatoms. The molecular weight excluding hydrogens is 296 g/mol. The Morgan fingerprint density at radius 2 is 2.20 bits per heavy atom. The zero-order valence-corrected chi connectivity index (χ0v) is 13.2. The van der Waals surface area contributed by atoms with Crippen LogP contribution in [0.25, 0.3) is 10.2 Å². The lowest BCUT2D eigenvalue weighted by atomic mass is 10.2. The molecule has 2 rings (SSSR count). The zero-order valence-electron chi connectivity index (χ0n) is 11.7. The summed E-state index contributed by atoms with van der Waals surface area (Å²) in [5.74, 6) is 0.969. The molecule has 2 heterocycles. The van der Waals surface area contributed by atoms with E-state index in [1.807, 2.05) is 13.0 Å². The van der Waals surface area contributed by atoms with E-state index in [9.17, 15) is 4.79 Å². The summed E-state index contributed by atoms with van der Waals surface area (Å²) in [4.78, 5) is 22.0. The number of carbonyl (C=O) groups is 1. The number of hydrogen-bond acceptors (Lipinski definition) is 5. The fourth-order valence-corrected chi connectivity index (χ4v) is 2.79. The van der Waals surface area contributed by atoms with Gasteiger partial charge in [0.05, 0.1) is 11.9 Å². The predicted molar refractivity (Wildman–Crippen MR) is 83.5 cm³/mol. The summed E-state index contributed by atoms with van der Waals surface area (Å²) in [7, 11) is 0. The molecule has 2 N–H and O–H groups in total. The summed E-state index contributed by atoms with van der Waals surface area (Å²) in [5.41, 5.74) is 0. The van der Waals surface area contributed by atoms with Crippen molar-refractivity contribution in [3.05, 3.63) is 16.2 Å². The standard InChI is InChI=1S/C13H17ClN4OS/c1-7(2)5-15-10(19)6-16-11-9-4-8(3)20-12(9)18-13(14)17-11/h4,7H,5-6H2,1-3H3,(H,15,19)(H,16,17,18). The van der Waals surface area contributed by atoms with E-state index >= 15 is 0 Å². The molecule has 1 amide bonds. The van der Waals surface area contributed by atoms with Gasteiger partial charge >= 0.3 is 0 Å². The van der Waals surface area contributed by atoms with E-state index in [0.29, 0.717) is 18.3 Å². The van der Waals surface area contributed by atoms with Crippen LogP contribution in [0.3, 0.4) is 0 Å². The summed E-state index contributed by atoms with van der Waals surface area (Å²) in [6, 6.07) is 1.99. The number of fused-ring (bicyclic) bond motifs is 1. The van der Waals surface area contributed by atoms with Gasteiger partial charge in [0.1, 0.15) is 10.6 Å². The third-order valence-corrected chi connectivity index (χ3v) is 3.73. The van der Waals surface area contributed by atoms with Crippen molar-refractivity contribution in [2.45, 2.75) is 20.8 Å². The molecule has 0 radical (unpaired) electrons. The Morgan fingerprint density at radius 3 is 2.90 bits per heavy atom. The monoisotopic (exact) mass is 312 g/mol. The quantitative estimate of drug-likeness (QED) is 0.833. The Kier molecular flexibility index (Phi) is 4.77. The normalized spacial score (nSPS) is 11.1. The topological polar surface area (TPSA) is 66.9 Å². The number of aryl methyl sites for hydroxylation is 1. The number of anilines is 1. The van der Waals surface area contributed by atoms with E-state index in [2.05, 4.69) is 34.4 Å². The molecule has 0 fully saturated rings. The van der Waals surface area contributed by atoms with Gasteiger partial charge in [0.2, 0.25) is 11.2 Å². The van der Waals surface area contributed by atoms with E-state index in [-0.39, 0.29) is 17.7 Å². The van der Waals surface area contributed by atoms with Gasteiger partial charge in [-0.2, -0.15) is 0 Å². The highest BCUT2D eigenvalue weighted by Crippen LogP contribution is 2.29. The first-order valence-electron chi connectivity index (χ1n) is 6.40. The lowest BCUT2D eigenvalue weighted by Gasteiger charge is -2.09. The maximum Gasteiger partial charge on any atom is 0.239 e. The third kappa shape index (κ3) is 3.80. The van der Waals surface area contributed by atoms with Gasteiger partial charge in [-0.05, 0) is 30.5 Å². The van der Waals surface area contributed by atoms with Crippen molar-refractivity contribution in [1.29, 1.82) is 0 Å². The molecular formula is C13H17ClN4OS. The van der Waals surface area contributed by atoms with Gasteiger partial charge in [-0.25, -0.2) is 9.97 Å². The van der Waals surface area contributed by atoms with Crippen LogP contribution in [0.2, 0.25) is 5.28 Å². The maximum absolute atomic E-state index is 11.7. The molecule has 108 valence electrons. The smallest absolute Gasteiger partial charge is 0.239 e. The molecule has 0 bridgehead atoms. The van der Waals surface area contributed by atoms with Crippen LogP contribution in [-0.4, -0.2) is 29.0 Å². The van der Waals surface area contributed by atoms with Crippen LogP contribution < -0.4 is 10.6 Å². The number of hydrogen-bond donors (Lipinski definition) is 2. The molecule has 2 aromatic rings. The summed E-state index contributed by atoms with van der Waals surface area (Å²) >= 11 is 7.45. The predicted octanol–water partition coefficient (Wildman–Crippen LogP) is 2.84. The van der Waals surface area contributed by atoms with Gasteiger partial charge in [-0.15, -0.1) is 11.3 Å². The van der Waals surface area contributed by atoms with Crippen LogP contribution in [0.1, 0.15) is 18.7 Å². The number of thiophene rings is 1. The van der Waals surface area contributed by atoms with Crippen molar-refractivity contribution in [2.75, 3.05) is 18.4 Å². The van der Waals surface area contributed by atoms with Crippen LogP contribution in [0.4, 0.5) is 5.82 Å². The minimum atomic E-state index is -0.0615. The molecule has 0 unspecified atom stereocenters. The highest BCUT2D eigenvalue weighted by molar-refractivity contribution is 7.18. The number of nitrogens with zero attached hydrogens (tertiary/aromatic N) is 2. The summed E-state index contributed by atoms with van der Waals surface area (Å²) in [5, 5.41) is 6.95. The summed E-state index contributed by atoms with van der Waals surface area (Å²) in [6.45, 7) is 6.94. The second kappa shape index (κ2) is 6.37. The third-order valence-electron chi connectivity index (χ3n) is 2.61. The highest BCUT2D eigenvalue weighted by Gasteiger charge is 2.10. The molecule has 0 spiro atoms. The minimum Gasteiger partial charge on any atom is -0.360 e. The van der Waals surface area contributed by atoms with Crippen LogP contribution in [0, 0.1) is 12.8 Å². The van der Waals surface area contributed by atoms with E-state index in [1.54, 1.807) is 11.3 Å². The van der Waals surface area contributed by atoms with Crippen LogP contribution >= 0.6 is 22.9 Å². The molecule has 0 aliphatic heterocycles. The fourth-order valence-electron chi connectivity index (χ4n) is 1.70. The molecule has 0 saturated carbocycles. The van der Waals surface area contributed by atoms with E-state index < -0.39 is 0 Å². The Bertz CT molecular complexity index is 626. The first kappa shape index (κ1) is 15.0. The van der Waals surface area contributed by atoms with E-state index in [4.69, 9.17) is 11.6 Å². The Morgan fingerprint density at radius 1 is 1.45 bits per heavy atom. The van der Waals surface area contributed by atoms with Gasteiger partial charge in [0.25, 0.3) is 0 Å². The van der Waals surface area contributed by atoms with Gasteiger partial charge in [0.15, 0.2) is 0 Å². The lowest BCUT2D eigenvalue weighted by Crippen LogP contribution is -2.32. The van der Waals surface area contributed by atoms with E-state index in [0.717, 1.165) is 15.1 Å². The first-order valence-corrected chi connectivity index (χ1v) is 7.59. The molecule has 0 aromatic carbocycles. The molecule has 0 atom stereocenters. The Hall–Kier alpha value is -1.40. The van der Waals surface area contributed by atoms with Gasteiger partial charge < -0.3 is 10.6 Å². The van der Waals surface area contributed by atoms with Gasteiger partial charge in [0, 0.05) is 11.4 Å². The van der Waals surface area contributed by atoms with Crippen molar-refractivity contribution < 1.29 is 4.79 Å². The van der Waals surface area contributed by atoms with Crippen LogP contribution in [0.15, 0.2) is 6.07 Å². The SMILES string of the molecule is Cc1cc2c(NCC(=O)NCC(C)C)nc(Cl)nc2s1. The molecule has 0 aliphatic carbocycles. The second-order valence-electron chi connectivity index (χ2n) is 4.97. The van der Waals surface area contributed by atoms with Crippen LogP contribution in [-0.2, 0) is 4.79 Å². The molecule has 20 heavy (non-hydrogen) atoms. The van der Waals surface area contributed by atoms with Crippen LogP contribution in [0.5, 0.6) is 0 Å². The largest absolute Gasteiger partial charge is 0.360 e. The number of rotatable bonds is 5. The summed E-state index contributed by atoms with van der Waals surface area (Å²) < 4.78 is 0. The highest BCUT2D eigenvalue weighted by atomic mass is 35.5. The fraction of sp³-hybridized carbons (Fsp3) is 0.462. The van der Waals surface area contributed by atoms with Crippen molar-refractivity contribution in [1.82, 2.24) is 15.3 Å². The number of amides is 1. The minimum absolute atomic E-state index is 0.0615.